The highest BCUT2D eigenvalue weighted by atomic mass is 32.2. The summed E-state index contributed by atoms with van der Waals surface area (Å²) in [4.78, 5) is 24.9. The summed E-state index contributed by atoms with van der Waals surface area (Å²) >= 11 is 1.29. The summed E-state index contributed by atoms with van der Waals surface area (Å²) in [7, 11) is 0. The third kappa shape index (κ3) is 5.24. The minimum atomic E-state index is -0.316. The topological polar surface area (TPSA) is 58.2 Å². The molecule has 0 atom stereocenters. The molecule has 2 aromatic rings. The van der Waals surface area contributed by atoms with Gasteiger partial charge in [0.2, 0.25) is 5.91 Å². The average molecular weight is 344 g/mol. The summed E-state index contributed by atoms with van der Waals surface area (Å²) in [5, 5.41) is 5.41. The molecule has 0 bridgehead atoms. The van der Waals surface area contributed by atoms with Crippen LogP contribution >= 0.6 is 11.8 Å². The van der Waals surface area contributed by atoms with Crippen LogP contribution in [0.15, 0.2) is 66.1 Å². The number of carbonyl (C=O) groups excluding carboxylic acids is 2. The molecular weight excluding hydrogens is 327 g/mol. The van der Waals surface area contributed by atoms with E-state index in [2.05, 4.69) is 17.2 Å². The average Bonchev–Trinajstić information content (AvgIpc) is 2.59. The molecule has 2 rings (SSSR count). The molecule has 124 valence electrons. The van der Waals surface area contributed by atoms with Crippen LogP contribution in [0.2, 0.25) is 0 Å². The van der Waals surface area contributed by atoms with E-state index in [1.54, 1.807) is 42.5 Å². The maximum atomic E-state index is 12.8. The Balaban J connectivity index is 1.97. The Kier molecular flexibility index (Phi) is 6.57. The molecule has 0 radical (unpaired) electrons. The Hall–Kier alpha value is -2.60. The normalized spacial score (nSPS) is 10.0. The first-order valence-electron chi connectivity index (χ1n) is 7.26. The third-order valence-electron chi connectivity index (χ3n) is 3.04. The lowest BCUT2D eigenvalue weighted by Gasteiger charge is -2.10. The van der Waals surface area contributed by atoms with Gasteiger partial charge in [0.05, 0.1) is 17.0 Å². The van der Waals surface area contributed by atoms with Crippen LogP contribution < -0.4 is 10.6 Å². The third-order valence-corrected chi connectivity index (χ3v) is 4.05. The van der Waals surface area contributed by atoms with Crippen LogP contribution in [-0.4, -0.2) is 24.1 Å². The Bertz CT molecular complexity index is 732. The minimum absolute atomic E-state index is 0.161. The molecular formula is C18H17FN2O2S. The van der Waals surface area contributed by atoms with Gasteiger partial charge < -0.3 is 10.6 Å². The van der Waals surface area contributed by atoms with Gasteiger partial charge >= 0.3 is 0 Å². The van der Waals surface area contributed by atoms with Gasteiger partial charge in [0.25, 0.3) is 5.91 Å². The number of nitrogens with one attached hydrogen (secondary N) is 2. The molecule has 0 saturated heterocycles. The van der Waals surface area contributed by atoms with Crippen LogP contribution in [0.25, 0.3) is 0 Å². The number of rotatable bonds is 7. The van der Waals surface area contributed by atoms with Gasteiger partial charge in [-0.2, -0.15) is 0 Å². The molecule has 0 unspecified atom stereocenters. The van der Waals surface area contributed by atoms with E-state index in [1.807, 2.05) is 0 Å². The molecule has 0 aliphatic heterocycles. The van der Waals surface area contributed by atoms with Gasteiger partial charge in [0, 0.05) is 11.4 Å². The van der Waals surface area contributed by atoms with Crippen molar-refractivity contribution in [2.24, 2.45) is 0 Å². The van der Waals surface area contributed by atoms with Crippen LogP contribution in [0.5, 0.6) is 0 Å². The second kappa shape index (κ2) is 8.88. The van der Waals surface area contributed by atoms with Crippen LogP contribution in [0, 0.1) is 5.82 Å². The Morgan fingerprint density at radius 1 is 1.12 bits per heavy atom. The summed E-state index contributed by atoms with van der Waals surface area (Å²) < 4.78 is 12.8. The van der Waals surface area contributed by atoms with Gasteiger partial charge in [-0.25, -0.2) is 4.39 Å². The molecule has 24 heavy (non-hydrogen) atoms. The summed E-state index contributed by atoms with van der Waals surface area (Å²) in [6.45, 7) is 3.89. The molecule has 2 N–H and O–H groups in total. The van der Waals surface area contributed by atoms with Crippen molar-refractivity contribution in [3.63, 3.8) is 0 Å². The van der Waals surface area contributed by atoms with Crippen LogP contribution in [0.1, 0.15) is 10.4 Å². The van der Waals surface area contributed by atoms with Gasteiger partial charge in [-0.15, -0.1) is 18.3 Å². The van der Waals surface area contributed by atoms with E-state index in [9.17, 15) is 14.0 Å². The fourth-order valence-corrected chi connectivity index (χ4v) is 2.61. The number of thioether (sulfide) groups is 1. The van der Waals surface area contributed by atoms with Crippen LogP contribution in [0.3, 0.4) is 0 Å². The molecule has 2 amide bonds. The number of hydrogen-bond donors (Lipinski definition) is 2. The molecule has 0 fully saturated rings. The molecule has 0 aliphatic rings. The molecule has 0 aromatic heterocycles. The zero-order valence-corrected chi connectivity index (χ0v) is 13.7. The van der Waals surface area contributed by atoms with Crippen LogP contribution in [-0.2, 0) is 4.79 Å². The van der Waals surface area contributed by atoms with E-state index in [1.165, 1.54) is 23.9 Å². The molecule has 0 aliphatic carbocycles. The van der Waals surface area contributed by atoms with E-state index >= 15 is 0 Å². The van der Waals surface area contributed by atoms with Crippen molar-refractivity contribution in [2.75, 3.05) is 17.6 Å². The summed E-state index contributed by atoms with van der Waals surface area (Å²) in [5.74, 6) is -0.678. The summed E-state index contributed by atoms with van der Waals surface area (Å²) in [5.41, 5.74) is 0.836. The predicted octanol–water partition coefficient (Wildman–Crippen LogP) is 3.47. The Morgan fingerprint density at radius 2 is 1.83 bits per heavy atom. The van der Waals surface area contributed by atoms with Gasteiger partial charge in [-0.3, -0.25) is 9.59 Å². The lowest BCUT2D eigenvalue weighted by Crippen LogP contribution is -2.25. The number of carbonyl (C=O) groups is 2. The fraction of sp³-hybridized carbons (Fsp3) is 0.111. The monoisotopic (exact) mass is 344 g/mol. The summed E-state index contributed by atoms with van der Waals surface area (Å²) in [6.07, 6.45) is 1.58. The molecule has 4 nitrogen and oxygen atoms in total. The van der Waals surface area contributed by atoms with Crippen molar-refractivity contribution in [1.82, 2.24) is 5.32 Å². The second-order valence-corrected chi connectivity index (χ2v) is 5.88. The van der Waals surface area contributed by atoms with E-state index in [0.717, 1.165) is 4.90 Å². The van der Waals surface area contributed by atoms with E-state index in [0.29, 0.717) is 17.8 Å². The van der Waals surface area contributed by atoms with Crippen molar-refractivity contribution in [3.05, 3.63) is 72.6 Å². The fourth-order valence-electron chi connectivity index (χ4n) is 1.92. The van der Waals surface area contributed by atoms with Crippen molar-refractivity contribution in [3.8, 4) is 0 Å². The van der Waals surface area contributed by atoms with Crippen LogP contribution in [0.4, 0.5) is 10.1 Å². The number of anilines is 1. The van der Waals surface area contributed by atoms with Crippen molar-refractivity contribution in [2.45, 2.75) is 4.90 Å². The zero-order chi connectivity index (χ0) is 17.4. The quantitative estimate of drug-likeness (QED) is 0.597. The number of hydrogen-bond acceptors (Lipinski definition) is 3. The highest BCUT2D eigenvalue weighted by Gasteiger charge is 2.12. The Morgan fingerprint density at radius 3 is 2.54 bits per heavy atom. The first-order valence-corrected chi connectivity index (χ1v) is 8.25. The van der Waals surface area contributed by atoms with E-state index in [4.69, 9.17) is 0 Å². The maximum absolute atomic E-state index is 12.8. The summed E-state index contributed by atoms with van der Waals surface area (Å²) in [6, 6.07) is 12.7. The standard InChI is InChI=1S/C18H17FN2O2S/c1-2-11-20-18(23)15-5-3-4-6-16(15)21-17(22)12-24-14-9-7-13(19)8-10-14/h2-10H,1,11-12H2,(H,20,23)(H,21,22). The largest absolute Gasteiger partial charge is 0.349 e. The van der Waals surface area contributed by atoms with Crippen molar-refractivity contribution in [1.29, 1.82) is 0 Å². The van der Waals surface area contributed by atoms with E-state index < -0.39 is 0 Å². The molecule has 0 heterocycles. The first-order chi connectivity index (χ1) is 11.6. The predicted molar refractivity (Wildman–Crippen MR) is 94.7 cm³/mol. The van der Waals surface area contributed by atoms with Gasteiger partial charge in [-0.05, 0) is 36.4 Å². The highest BCUT2D eigenvalue weighted by molar-refractivity contribution is 8.00. The lowest BCUT2D eigenvalue weighted by molar-refractivity contribution is -0.113. The maximum Gasteiger partial charge on any atom is 0.253 e. The smallest absolute Gasteiger partial charge is 0.253 e. The minimum Gasteiger partial charge on any atom is -0.349 e. The molecule has 2 aromatic carbocycles. The van der Waals surface area contributed by atoms with Crippen molar-refractivity contribution >= 4 is 29.3 Å². The lowest BCUT2D eigenvalue weighted by atomic mass is 10.1. The number of halogens is 1. The molecule has 6 heteroatoms. The molecule has 0 saturated carbocycles. The van der Waals surface area contributed by atoms with Gasteiger partial charge in [-0.1, -0.05) is 18.2 Å². The molecule has 0 spiro atoms. The second-order valence-electron chi connectivity index (χ2n) is 4.84. The highest BCUT2D eigenvalue weighted by Crippen LogP contribution is 2.20. The Labute approximate surface area is 144 Å². The SMILES string of the molecule is C=CCNC(=O)c1ccccc1NC(=O)CSc1ccc(F)cc1. The van der Waals surface area contributed by atoms with Gasteiger partial charge in [0.15, 0.2) is 0 Å². The first kappa shape index (κ1) is 17.7. The number of amides is 2. The number of benzene rings is 2. The van der Waals surface area contributed by atoms with Crippen molar-refractivity contribution < 1.29 is 14.0 Å². The zero-order valence-electron chi connectivity index (χ0n) is 12.9. The van der Waals surface area contributed by atoms with Gasteiger partial charge in [0.1, 0.15) is 5.82 Å². The van der Waals surface area contributed by atoms with E-state index in [-0.39, 0.29) is 23.4 Å². The number of para-hydroxylation sites is 1.